The molecule has 1 heterocycles. The molecule has 0 unspecified atom stereocenters. The molecule has 0 aliphatic rings. The number of aryl methyl sites for hydroxylation is 2. The summed E-state index contributed by atoms with van der Waals surface area (Å²) in [4.78, 5) is 12.1. The molecule has 2 aromatic carbocycles. The summed E-state index contributed by atoms with van der Waals surface area (Å²) >= 11 is 7.10. The average Bonchev–Trinajstić information content (AvgIpc) is 3.03. The minimum absolute atomic E-state index is 0.0822. The number of rotatable bonds is 5. The summed E-state index contributed by atoms with van der Waals surface area (Å²) in [6.07, 6.45) is 0. The number of nitrogens with one attached hydrogen (secondary N) is 1. The van der Waals surface area contributed by atoms with Gasteiger partial charge in [-0.3, -0.25) is 4.79 Å². The number of halogens is 2. The first kappa shape index (κ1) is 18.3. The van der Waals surface area contributed by atoms with Crippen molar-refractivity contribution >= 4 is 35.0 Å². The minimum Gasteiger partial charge on any atom is -0.324 e. The summed E-state index contributed by atoms with van der Waals surface area (Å²) in [6.45, 7) is 3.99. The van der Waals surface area contributed by atoms with Gasteiger partial charge in [0.1, 0.15) is 5.82 Å². The highest BCUT2D eigenvalue weighted by molar-refractivity contribution is 7.99. The maximum Gasteiger partial charge on any atom is 0.234 e. The number of benzene rings is 2. The third-order valence-electron chi connectivity index (χ3n) is 3.43. The highest BCUT2D eigenvalue weighted by Gasteiger charge is 2.13. The smallest absolute Gasteiger partial charge is 0.234 e. The van der Waals surface area contributed by atoms with Crippen molar-refractivity contribution in [3.05, 3.63) is 58.4 Å². The number of carbonyl (C=O) groups excluding carboxylic acids is 1. The molecule has 0 saturated carbocycles. The molecule has 1 amide bonds. The first-order valence-electron chi connectivity index (χ1n) is 7.67. The van der Waals surface area contributed by atoms with Crippen LogP contribution in [0.15, 0.2) is 41.6 Å². The molecule has 0 radical (unpaired) electrons. The lowest BCUT2D eigenvalue weighted by atomic mass is 10.1. The van der Waals surface area contributed by atoms with Crippen molar-refractivity contribution in [2.45, 2.75) is 19.0 Å². The molecule has 3 aromatic rings. The van der Waals surface area contributed by atoms with Crippen LogP contribution in [0.2, 0.25) is 5.02 Å². The van der Waals surface area contributed by atoms with E-state index < -0.39 is 5.82 Å². The topological polar surface area (TPSA) is 72.7 Å². The van der Waals surface area contributed by atoms with Crippen LogP contribution in [0.5, 0.6) is 0 Å². The number of carbonyl (C=O) groups is 1. The summed E-state index contributed by atoms with van der Waals surface area (Å²) in [5, 5.41) is 14.9. The Morgan fingerprint density at radius 2 is 1.96 bits per heavy atom. The van der Waals surface area contributed by atoms with Gasteiger partial charge in [-0.1, -0.05) is 29.4 Å². The lowest BCUT2D eigenvalue weighted by Crippen LogP contribution is -2.15. The van der Waals surface area contributed by atoms with E-state index in [0.717, 1.165) is 22.9 Å². The Morgan fingerprint density at radius 1 is 1.23 bits per heavy atom. The number of anilines is 1. The number of thioether (sulfide) groups is 1. The zero-order valence-corrected chi connectivity index (χ0v) is 15.6. The van der Waals surface area contributed by atoms with Gasteiger partial charge in [0.15, 0.2) is 0 Å². The van der Waals surface area contributed by atoms with Crippen LogP contribution < -0.4 is 5.32 Å². The maximum atomic E-state index is 13.1. The lowest BCUT2D eigenvalue weighted by molar-refractivity contribution is -0.113. The van der Waals surface area contributed by atoms with Crippen molar-refractivity contribution in [3.63, 3.8) is 0 Å². The van der Waals surface area contributed by atoms with Gasteiger partial charge in [0.05, 0.1) is 22.2 Å². The molecule has 0 atom stereocenters. The summed E-state index contributed by atoms with van der Waals surface area (Å²) < 4.78 is 14.6. The summed E-state index contributed by atoms with van der Waals surface area (Å²) in [5.41, 5.74) is 3.37. The van der Waals surface area contributed by atoms with Gasteiger partial charge in [-0.25, -0.2) is 4.39 Å². The van der Waals surface area contributed by atoms with Crippen molar-refractivity contribution in [3.8, 4) is 5.69 Å². The molecule has 1 N–H and O–H groups in total. The van der Waals surface area contributed by atoms with Gasteiger partial charge in [0, 0.05) is 0 Å². The van der Waals surface area contributed by atoms with Crippen LogP contribution in [0.25, 0.3) is 5.69 Å². The fraction of sp³-hybridized carbons (Fsp3) is 0.176. The SMILES string of the molecule is Cc1cc(C)cc(-n2nnnc2SCC(=O)Nc2ccc(F)cc2Cl)c1. The van der Waals surface area contributed by atoms with Crippen LogP contribution in [-0.4, -0.2) is 31.9 Å². The Balaban J connectivity index is 1.69. The fourth-order valence-corrected chi connectivity index (χ4v) is 3.32. The van der Waals surface area contributed by atoms with E-state index in [9.17, 15) is 9.18 Å². The molecule has 6 nitrogen and oxygen atoms in total. The number of nitrogens with zero attached hydrogens (tertiary/aromatic N) is 4. The number of hydrogen-bond donors (Lipinski definition) is 1. The lowest BCUT2D eigenvalue weighted by Gasteiger charge is -2.08. The van der Waals surface area contributed by atoms with E-state index >= 15 is 0 Å². The average molecular weight is 392 g/mol. The Morgan fingerprint density at radius 3 is 2.65 bits per heavy atom. The monoisotopic (exact) mass is 391 g/mol. The molecule has 9 heteroatoms. The van der Waals surface area contributed by atoms with Gasteiger partial charge in [-0.2, -0.15) is 4.68 Å². The van der Waals surface area contributed by atoms with Gasteiger partial charge in [-0.15, -0.1) is 5.10 Å². The van der Waals surface area contributed by atoms with Gasteiger partial charge in [-0.05, 0) is 65.7 Å². The van der Waals surface area contributed by atoms with E-state index in [4.69, 9.17) is 11.6 Å². The molecule has 134 valence electrons. The molecule has 0 aliphatic heterocycles. The van der Waals surface area contributed by atoms with Crippen molar-refractivity contribution in [1.29, 1.82) is 0 Å². The van der Waals surface area contributed by atoms with Crippen LogP contribution in [0.4, 0.5) is 10.1 Å². The fourth-order valence-electron chi connectivity index (χ4n) is 2.41. The Bertz CT molecular complexity index is 942. The number of amides is 1. The van der Waals surface area contributed by atoms with Gasteiger partial charge in [0.2, 0.25) is 11.1 Å². The zero-order chi connectivity index (χ0) is 18.7. The predicted molar refractivity (Wildman–Crippen MR) is 99.4 cm³/mol. The van der Waals surface area contributed by atoms with Crippen LogP contribution >= 0.6 is 23.4 Å². The standard InChI is InChI=1S/C17H15ClFN5OS/c1-10-5-11(2)7-13(6-10)24-17(21-22-23-24)26-9-16(25)20-15-4-3-12(19)8-14(15)18/h3-8H,9H2,1-2H3,(H,20,25). The summed E-state index contributed by atoms with van der Waals surface area (Å²) in [7, 11) is 0. The minimum atomic E-state index is -0.463. The van der Waals surface area contributed by atoms with E-state index in [1.54, 1.807) is 4.68 Å². The second-order valence-corrected chi connectivity index (χ2v) is 7.03. The largest absolute Gasteiger partial charge is 0.324 e. The summed E-state index contributed by atoms with van der Waals surface area (Å²) in [5.74, 6) is -0.674. The van der Waals surface area contributed by atoms with E-state index in [1.807, 2.05) is 26.0 Å². The molecule has 0 saturated heterocycles. The molecular weight excluding hydrogens is 377 g/mol. The first-order valence-corrected chi connectivity index (χ1v) is 9.03. The molecule has 26 heavy (non-hydrogen) atoms. The molecule has 0 aliphatic carbocycles. The first-order chi connectivity index (χ1) is 12.4. The van der Waals surface area contributed by atoms with Gasteiger partial charge >= 0.3 is 0 Å². The molecule has 3 rings (SSSR count). The normalized spacial score (nSPS) is 10.8. The van der Waals surface area contributed by atoms with Crippen molar-refractivity contribution in [1.82, 2.24) is 20.2 Å². The Hall–Kier alpha value is -2.45. The van der Waals surface area contributed by atoms with Crippen LogP contribution in [-0.2, 0) is 4.79 Å². The molecule has 0 fully saturated rings. The second-order valence-electron chi connectivity index (χ2n) is 5.68. The molecule has 0 spiro atoms. The van der Waals surface area contributed by atoms with Gasteiger partial charge < -0.3 is 5.32 Å². The van der Waals surface area contributed by atoms with Crippen LogP contribution in [0, 0.1) is 19.7 Å². The maximum absolute atomic E-state index is 13.1. The molecular formula is C17H15ClFN5OS. The molecule has 1 aromatic heterocycles. The Kier molecular flexibility index (Phi) is 5.53. The highest BCUT2D eigenvalue weighted by Crippen LogP contribution is 2.24. The van der Waals surface area contributed by atoms with Crippen LogP contribution in [0.1, 0.15) is 11.1 Å². The number of tetrazole rings is 1. The second kappa shape index (κ2) is 7.84. The van der Waals surface area contributed by atoms with E-state index in [2.05, 4.69) is 26.9 Å². The van der Waals surface area contributed by atoms with E-state index in [1.165, 1.54) is 23.9 Å². The Labute approximate surface area is 158 Å². The third kappa shape index (κ3) is 4.39. The number of hydrogen-bond acceptors (Lipinski definition) is 5. The zero-order valence-electron chi connectivity index (χ0n) is 14.0. The van der Waals surface area contributed by atoms with E-state index in [-0.39, 0.29) is 16.7 Å². The molecule has 0 bridgehead atoms. The summed E-state index contributed by atoms with van der Waals surface area (Å²) in [6, 6.07) is 9.78. The van der Waals surface area contributed by atoms with Crippen molar-refractivity contribution < 1.29 is 9.18 Å². The number of aromatic nitrogens is 4. The quantitative estimate of drug-likeness (QED) is 0.669. The predicted octanol–water partition coefficient (Wildman–Crippen LogP) is 3.80. The van der Waals surface area contributed by atoms with Gasteiger partial charge in [0.25, 0.3) is 0 Å². The van der Waals surface area contributed by atoms with Crippen molar-refractivity contribution in [2.24, 2.45) is 0 Å². The third-order valence-corrected chi connectivity index (χ3v) is 4.66. The van der Waals surface area contributed by atoms with E-state index in [0.29, 0.717) is 10.8 Å². The van der Waals surface area contributed by atoms with Crippen molar-refractivity contribution in [2.75, 3.05) is 11.1 Å². The highest BCUT2D eigenvalue weighted by atomic mass is 35.5. The van der Waals surface area contributed by atoms with Crippen LogP contribution in [0.3, 0.4) is 0 Å².